The van der Waals surface area contributed by atoms with Gasteiger partial charge in [-0.15, -0.1) is 0 Å². The summed E-state index contributed by atoms with van der Waals surface area (Å²) in [6.45, 7) is 0. The van der Waals surface area contributed by atoms with E-state index in [9.17, 15) is 0 Å². The second-order valence-electron chi connectivity index (χ2n) is 6.43. The molecule has 0 spiro atoms. The lowest BCUT2D eigenvalue weighted by atomic mass is 9.95. The monoisotopic (exact) mass is 342 g/mol. The SMILES string of the molecule is COC(C1=N[C@@H](c2ccccc2)[C@@H](c2ccccc2)N1)c1ccccc1. The molecule has 0 saturated carbocycles. The summed E-state index contributed by atoms with van der Waals surface area (Å²) >= 11 is 0. The molecule has 1 heterocycles. The summed E-state index contributed by atoms with van der Waals surface area (Å²) in [7, 11) is 1.73. The molecular weight excluding hydrogens is 320 g/mol. The largest absolute Gasteiger partial charge is 0.369 e. The van der Waals surface area contributed by atoms with Crippen molar-refractivity contribution in [1.82, 2.24) is 5.32 Å². The molecule has 4 rings (SSSR count). The maximum absolute atomic E-state index is 5.80. The van der Waals surface area contributed by atoms with E-state index in [1.165, 1.54) is 11.1 Å². The number of amidine groups is 1. The number of benzene rings is 3. The summed E-state index contributed by atoms with van der Waals surface area (Å²) in [4.78, 5) is 5.04. The fraction of sp³-hybridized carbons (Fsp3) is 0.174. The van der Waals surface area contributed by atoms with Crippen molar-refractivity contribution in [3.05, 3.63) is 108 Å². The van der Waals surface area contributed by atoms with Crippen LogP contribution in [0.2, 0.25) is 0 Å². The Balaban J connectivity index is 1.72. The van der Waals surface area contributed by atoms with Gasteiger partial charge in [-0.05, 0) is 16.7 Å². The van der Waals surface area contributed by atoms with Crippen molar-refractivity contribution in [3.8, 4) is 0 Å². The minimum absolute atomic E-state index is 0.0231. The van der Waals surface area contributed by atoms with Crippen LogP contribution in [-0.4, -0.2) is 12.9 Å². The highest BCUT2D eigenvalue weighted by molar-refractivity contribution is 5.90. The van der Waals surface area contributed by atoms with E-state index >= 15 is 0 Å². The molecule has 3 heteroatoms. The molecule has 3 nitrogen and oxygen atoms in total. The normalized spacial score (nSPS) is 20.3. The Labute approximate surface area is 154 Å². The number of nitrogens with zero attached hydrogens (tertiary/aromatic N) is 1. The highest BCUT2D eigenvalue weighted by Crippen LogP contribution is 2.38. The van der Waals surface area contributed by atoms with Crippen molar-refractivity contribution in [3.63, 3.8) is 0 Å². The number of aliphatic imine (C=N–C) groups is 1. The maximum Gasteiger partial charge on any atom is 0.139 e. The lowest BCUT2D eigenvalue weighted by molar-refractivity contribution is 0.155. The number of methoxy groups -OCH3 is 1. The molecule has 1 N–H and O–H groups in total. The van der Waals surface area contributed by atoms with E-state index in [0.29, 0.717) is 0 Å². The van der Waals surface area contributed by atoms with Crippen LogP contribution >= 0.6 is 0 Å². The van der Waals surface area contributed by atoms with Gasteiger partial charge >= 0.3 is 0 Å². The minimum atomic E-state index is -0.198. The standard InChI is InChI=1S/C23H22N2O/c1-26-22(19-15-9-4-10-16-19)23-24-20(17-11-5-2-6-12-17)21(25-23)18-13-7-3-8-14-18/h2-16,20-22H,1H3,(H,24,25)/t20-,21+,22?. The summed E-state index contributed by atoms with van der Waals surface area (Å²) in [5.74, 6) is 0.876. The Morgan fingerprint density at radius 1 is 0.769 bits per heavy atom. The highest BCUT2D eigenvalue weighted by Gasteiger charge is 2.34. The molecule has 0 saturated heterocycles. The molecule has 0 bridgehead atoms. The molecular formula is C23H22N2O. The van der Waals surface area contributed by atoms with Crippen LogP contribution in [0.3, 0.4) is 0 Å². The van der Waals surface area contributed by atoms with Crippen molar-refractivity contribution in [2.75, 3.05) is 7.11 Å². The van der Waals surface area contributed by atoms with E-state index in [2.05, 4.69) is 66.0 Å². The number of ether oxygens (including phenoxy) is 1. The molecule has 3 atom stereocenters. The number of hydrogen-bond donors (Lipinski definition) is 1. The minimum Gasteiger partial charge on any atom is -0.369 e. The molecule has 26 heavy (non-hydrogen) atoms. The van der Waals surface area contributed by atoms with Crippen LogP contribution in [0.15, 0.2) is 96.0 Å². The Morgan fingerprint density at radius 3 is 1.88 bits per heavy atom. The van der Waals surface area contributed by atoms with Gasteiger partial charge in [0.2, 0.25) is 0 Å². The van der Waals surface area contributed by atoms with Gasteiger partial charge in [0.1, 0.15) is 18.0 Å². The molecule has 0 fully saturated rings. The summed E-state index contributed by atoms with van der Waals surface area (Å²) in [5.41, 5.74) is 3.52. The summed E-state index contributed by atoms with van der Waals surface area (Å²) < 4.78 is 5.80. The second kappa shape index (κ2) is 7.54. The van der Waals surface area contributed by atoms with Gasteiger partial charge in [0, 0.05) is 7.11 Å². The zero-order chi connectivity index (χ0) is 17.8. The van der Waals surface area contributed by atoms with Gasteiger partial charge in [-0.25, -0.2) is 0 Å². The Bertz CT molecular complexity index is 862. The zero-order valence-corrected chi connectivity index (χ0v) is 14.7. The van der Waals surface area contributed by atoms with Crippen molar-refractivity contribution < 1.29 is 4.74 Å². The molecule has 0 aromatic heterocycles. The van der Waals surface area contributed by atoms with Crippen LogP contribution in [-0.2, 0) is 4.74 Å². The Hall–Kier alpha value is -2.91. The van der Waals surface area contributed by atoms with Crippen molar-refractivity contribution in [1.29, 1.82) is 0 Å². The molecule has 130 valence electrons. The number of nitrogens with one attached hydrogen (secondary N) is 1. The first-order chi connectivity index (χ1) is 12.9. The quantitative estimate of drug-likeness (QED) is 0.718. The molecule has 3 aromatic rings. The molecule has 1 aliphatic rings. The van der Waals surface area contributed by atoms with Crippen molar-refractivity contribution >= 4 is 5.84 Å². The molecule has 0 aliphatic carbocycles. The van der Waals surface area contributed by atoms with Gasteiger partial charge in [0.15, 0.2) is 0 Å². The van der Waals surface area contributed by atoms with E-state index in [4.69, 9.17) is 9.73 Å². The smallest absolute Gasteiger partial charge is 0.139 e. The van der Waals surface area contributed by atoms with Gasteiger partial charge in [-0.2, -0.15) is 0 Å². The van der Waals surface area contributed by atoms with Crippen LogP contribution in [0, 0.1) is 0 Å². The third-order valence-corrected chi connectivity index (χ3v) is 4.78. The fourth-order valence-electron chi connectivity index (χ4n) is 3.52. The van der Waals surface area contributed by atoms with E-state index in [-0.39, 0.29) is 18.2 Å². The Morgan fingerprint density at radius 2 is 1.31 bits per heavy atom. The average Bonchev–Trinajstić information content (AvgIpc) is 3.16. The van der Waals surface area contributed by atoms with Gasteiger partial charge in [0.05, 0.1) is 6.04 Å². The lowest BCUT2D eigenvalue weighted by Gasteiger charge is -2.21. The third-order valence-electron chi connectivity index (χ3n) is 4.78. The third kappa shape index (κ3) is 3.26. The predicted octanol–water partition coefficient (Wildman–Crippen LogP) is 4.86. The fourth-order valence-corrected chi connectivity index (χ4v) is 3.52. The van der Waals surface area contributed by atoms with Gasteiger partial charge in [-0.3, -0.25) is 4.99 Å². The van der Waals surface area contributed by atoms with Gasteiger partial charge in [0.25, 0.3) is 0 Å². The lowest BCUT2D eigenvalue weighted by Crippen LogP contribution is -2.29. The second-order valence-corrected chi connectivity index (χ2v) is 6.43. The first-order valence-electron chi connectivity index (χ1n) is 8.88. The van der Waals surface area contributed by atoms with Crippen LogP contribution in [0.4, 0.5) is 0 Å². The summed E-state index contributed by atoms with van der Waals surface area (Å²) in [6, 6.07) is 31.3. The van der Waals surface area contributed by atoms with Crippen LogP contribution in [0.1, 0.15) is 34.9 Å². The molecule has 0 radical (unpaired) electrons. The van der Waals surface area contributed by atoms with Gasteiger partial charge in [-0.1, -0.05) is 91.0 Å². The molecule has 3 aromatic carbocycles. The highest BCUT2D eigenvalue weighted by atomic mass is 16.5. The van der Waals surface area contributed by atoms with E-state index in [1.807, 2.05) is 30.3 Å². The first-order valence-corrected chi connectivity index (χ1v) is 8.88. The van der Waals surface area contributed by atoms with Crippen LogP contribution < -0.4 is 5.32 Å². The molecule has 1 unspecified atom stereocenters. The summed E-state index contributed by atoms with van der Waals surface area (Å²) in [5, 5.41) is 3.63. The van der Waals surface area contributed by atoms with Crippen LogP contribution in [0.5, 0.6) is 0 Å². The van der Waals surface area contributed by atoms with E-state index in [0.717, 1.165) is 11.4 Å². The average molecular weight is 342 g/mol. The van der Waals surface area contributed by atoms with Crippen molar-refractivity contribution in [2.24, 2.45) is 4.99 Å². The van der Waals surface area contributed by atoms with Crippen LogP contribution in [0.25, 0.3) is 0 Å². The van der Waals surface area contributed by atoms with E-state index in [1.54, 1.807) is 7.11 Å². The Kier molecular flexibility index (Phi) is 4.80. The number of rotatable bonds is 5. The van der Waals surface area contributed by atoms with E-state index < -0.39 is 0 Å². The maximum atomic E-state index is 5.80. The summed E-state index contributed by atoms with van der Waals surface area (Å²) in [6.07, 6.45) is -0.198. The number of hydrogen-bond acceptors (Lipinski definition) is 3. The molecule has 1 aliphatic heterocycles. The predicted molar refractivity (Wildman–Crippen MR) is 105 cm³/mol. The zero-order valence-electron chi connectivity index (χ0n) is 14.7. The van der Waals surface area contributed by atoms with Gasteiger partial charge < -0.3 is 10.1 Å². The topological polar surface area (TPSA) is 33.6 Å². The first kappa shape index (κ1) is 16.6. The molecule has 0 amide bonds. The van der Waals surface area contributed by atoms with Crippen molar-refractivity contribution in [2.45, 2.75) is 18.2 Å².